The van der Waals surface area contributed by atoms with Crippen molar-refractivity contribution in [2.24, 2.45) is 0 Å². The summed E-state index contributed by atoms with van der Waals surface area (Å²) < 4.78 is 10.4. The Kier molecular flexibility index (Phi) is 5.22. The molecule has 0 aliphatic heterocycles. The molecule has 0 unspecified atom stereocenters. The Hall–Kier alpha value is -0.610. The van der Waals surface area contributed by atoms with Crippen molar-refractivity contribution >= 4 is 5.97 Å². The van der Waals surface area contributed by atoms with Gasteiger partial charge in [-0.05, 0) is 26.7 Å². The number of ether oxygens (including phenoxy) is 2. The van der Waals surface area contributed by atoms with Gasteiger partial charge in [0.1, 0.15) is 0 Å². The van der Waals surface area contributed by atoms with Crippen LogP contribution in [0.25, 0.3) is 0 Å². The van der Waals surface area contributed by atoms with Crippen molar-refractivity contribution in [3.8, 4) is 0 Å². The number of carbonyl (C=O) groups excluding carboxylic acids is 1. The van der Waals surface area contributed by atoms with E-state index in [4.69, 9.17) is 9.47 Å². The summed E-state index contributed by atoms with van der Waals surface area (Å²) in [4.78, 5) is 11.3. The summed E-state index contributed by atoms with van der Waals surface area (Å²) in [6.45, 7) is 5.13. The second-order valence-corrected chi connectivity index (χ2v) is 4.91. The van der Waals surface area contributed by atoms with E-state index in [2.05, 4.69) is 5.32 Å². The lowest BCUT2D eigenvalue weighted by Gasteiger charge is -2.22. The molecule has 1 rings (SSSR count). The fourth-order valence-corrected chi connectivity index (χ4v) is 1.25. The second-order valence-electron chi connectivity index (χ2n) is 4.91. The molecule has 0 aromatic heterocycles. The summed E-state index contributed by atoms with van der Waals surface area (Å²) in [5, 5.41) is 3.28. The van der Waals surface area contributed by atoms with E-state index in [1.165, 1.54) is 12.8 Å². The maximum Gasteiger partial charge on any atom is 0.307 e. The smallest absolute Gasteiger partial charge is 0.307 e. The van der Waals surface area contributed by atoms with Crippen LogP contribution >= 0.6 is 0 Å². The Balaban J connectivity index is 1.96. The quantitative estimate of drug-likeness (QED) is 0.641. The summed E-state index contributed by atoms with van der Waals surface area (Å²) in [6.07, 6.45) is 3.68. The van der Waals surface area contributed by atoms with Crippen molar-refractivity contribution in [2.45, 2.75) is 51.2 Å². The molecule has 1 saturated carbocycles. The summed E-state index contributed by atoms with van der Waals surface area (Å²) in [5.41, 5.74) is -0.216. The molecule has 1 fully saturated rings. The predicted octanol–water partition coefficient (Wildman–Crippen LogP) is 1.49. The Morgan fingerprint density at radius 1 is 1.44 bits per heavy atom. The summed E-state index contributed by atoms with van der Waals surface area (Å²) in [6, 6.07) is 0.653. The van der Waals surface area contributed by atoms with Crippen LogP contribution in [-0.2, 0) is 14.3 Å². The topological polar surface area (TPSA) is 47.6 Å². The Morgan fingerprint density at radius 2 is 2.12 bits per heavy atom. The number of esters is 1. The van der Waals surface area contributed by atoms with Gasteiger partial charge in [-0.15, -0.1) is 0 Å². The molecule has 0 saturated heterocycles. The Morgan fingerprint density at radius 3 is 2.69 bits per heavy atom. The third-order valence-corrected chi connectivity index (χ3v) is 2.86. The van der Waals surface area contributed by atoms with Crippen LogP contribution in [0.4, 0.5) is 0 Å². The SMILES string of the molecule is COC(C)(C)CCOC(=O)CCNC1CC1. The molecule has 0 bridgehead atoms. The zero-order valence-electron chi connectivity index (χ0n) is 10.5. The van der Waals surface area contributed by atoms with Crippen LogP contribution < -0.4 is 5.32 Å². The van der Waals surface area contributed by atoms with E-state index >= 15 is 0 Å². The average molecular weight is 229 g/mol. The lowest BCUT2D eigenvalue weighted by molar-refractivity contribution is -0.145. The van der Waals surface area contributed by atoms with Crippen LogP contribution in [0, 0.1) is 0 Å². The molecular formula is C12H23NO3. The van der Waals surface area contributed by atoms with Crippen molar-refractivity contribution in [3.63, 3.8) is 0 Å². The number of carbonyl (C=O) groups is 1. The Labute approximate surface area is 97.7 Å². The Bertz CT molecular complexity index is 224. The molecule has 0 aromatic carbocycles. The number of hydrogen-bond acceptors (Lipinski definition) is 4. The molecule has 0 atom stereocenters. The van der Waals surface area contributed by atoms with Gasteiger partial charge in [-0.2, -0.15) is 0 Å². The molecule has 0 radical (unpaired) electrons. The van der Waals surface area contributed by atoms with Gasteiger partial charge in [-0.25, -0.2) is 0 Å². The normalized spacial score (nSPS) is 16.2. The summed E-state index contributed by atoms with van der Waals surface area (Å²) >= 11 is 0. The maximum absolute atomic E-state index is 11.3. The van der Waals surface area contributed by atoms with Gasteiger partial charge in [0.15, 0.2) is 0 Å². The minimum Gasteiger partial charge on any atom is -0.466 e. The molecular weight excluding hydrogens is 206 g/mol. The monoisotopic (exact) mass is 229 g/mol. The van der Waals surface area contributed by atoms with Gasteiger partial charge in [-0.1, -0.05) is 0 Å². The van der Waals surface area contributed by atoms with Crippen molar-refractivity contribution < 1.29 is 14.3 Å². The lowest BCUT2D eigenvalue weighted by Crippen LogP contribution is -2.26. The molecule has 1 aliphatic rings. The van der Waals surface area contributed by atoms with Crippen LogP contribution in [0.3, 0.4) is 0 Å². The van der Waals surface area contributed by atoms with Gasteiger partial charge in [-0.3, -0.25) is 4.79 Å². The fraction of sp³-hybridized carbons (Fsp3) is 0.917. The summed E-state index contributed by atoms with van der Waals surface area (Å²) in [7, 11) is 1.67. The molecule has 4 heteroatoms. The standard InChI is InChI=1S/C12H23NO3/c1-12(2,15-3)7-9-16-11(14)6-8-13-10-4-5-10/h10,13H,4-9H2,1-3H3. The molecule has 0 aromatic rings. The van der Waals surface area contributed by atoms with E-state index in [1.807, 2.05) is 13.8 Å². The number of nitrogens with one attached hydrogen (secondary N) is 1. The van der Waals surface area contributed by atoms with Crippen molar-refractivity contribution in [1.82, 2.24) is 5.32 Å². The van der Waals surface area contributed by atoms with Crippen LogP contribution in [0.1, 0.15) is 39.5 Å². The molecule has 1 aliphatic carbocycles. The summed E-state index contributed by atoms with van der Waals surface area (Å²) in [5.74, 6) is -0.125. The predicted molar refractivity (Wildman–Crippen MR) is 62.3 cm³/mol. The van der Waals surface area contributed by atoms with E-state index in [0.717, 1.165) is 13.0 Å². The van der Waals surface area contributed by atoms with Gasteiger partial charge < -0.3 is 14.8 Å². The highest BCUT2D eigenvalue weighted by atomic mass is 16.5. The van der Waals surface area contributed by atoms with Gasteiger partial charge in [0.25, 0.3) is 0 Å². The number of rotatable bonds is 8. The minimum absolute atomic E-state index is 0.125. The third-order valence-electron chi connectivity index (χ3n) is 2.86. The molecule has 4 nitrogen and oxygen atoms in total. The molecule has 0 amide bonds. The second kappa shape index (κ2) is 6.21. The highest BCUT2D eigenvalue weighted by Gasteiger charge is 2.20. The number of hydrogen-bond donors (Lipinski definition) is 1. The molecule has 16 heavy (non-hydrogen) atoms. The van der Waals surface area contributed by atoms with Gasteiger partial charge in [0.05, 0.1) is 18.6 Å². The van der Waals surface area contributed by atoms with E-state index in [-0.39, 0.29) is 11.6 Å². The van der Waals surface area contributed by atoms with Gasteiger partial charge >= 0.3 is 5.97 Å². The largest absolute Gasteiger partial charge is 0.466 e. The highest BCUT2D eigenvalue weighted by Crippen LogP contribution is 2.18. The highest BCUT2D eigenvalue weighted by molar-refractivity contribution is 5.69. The first-order valence-electron chi connectivity index (χ1n) is 5.98. The van der Waals surface area contributed by atoms with E-state index < -0.39 is 0 Å². The minimum atomic E-state index is -0.216. The molecule has 94 valence electrons. The van der Waals surface area contributed by atoms with Crippen LogP contribution in [0.15, 0.2) is 0 Å². The van der Waals surface area contributed by atoms with E-state index in [1.54, 1.807) is 7.11 Å². The third kappa shape index (κ3) is 6.08. The average Bonchev–Trinajstić information content (AvgIpc) is 3.01. The van der Waals surface area contributed by atoms with E-state index in [9.17, 15) is 4.79 Å². The van der Waals surface area contributed by atoms with Crippen molar-refractivity contribution in [1.29, 1.82) is 0 Å². The van der Waals surface area contributed by atoms with Crippen molar-refractivity contribution in [3.05, 3.63) is 0 Å². The van der Waals surface area contributed by atoms with Crippen LogP contribution in [0.5, 0.6) is 0 Å². The zero-order chi connectivity index (χ0) is 12.0. The number of methoxy groups -OCH3 is 1. The van der Waals surface area contributed by atoms with Gasteiger partial charge in [0, 0.05) is 26.1 Å². The molecule has 1 N–H and O–H groups in total. The first kappa shape index (κ1) is 13.5. The fourth-order valence-electron chi connectivity index (χ4n) is 1.25. The lowest BCUT2D eigenvalue weighted by atomic mass is 10.1. The van der Waals surface area contributed by atoms with E-state index in [0.29, 0.717) is 19.1 Å². The maximum atomic E-state index is 11.3. The van der Waals surface area contributed by atoms with Crippen LogP contribution in [0.2, 0.25) is 0 Å². The zero-order valence-corrected chi connectivity index (χ0v) is 10.5. The van der Waals surface area contributed by atoms with Crippen molar-refractivity contribution in [2.75, 3.05) is 20.3 Å². The molecule has 0 spiro atoms. The van der Waals surface area contributed by atoms with Gasteiger partial charge in [0.2, 0.25) is 0 Å². The van der Waals surface area contributed by atoms with Crippen LogP contribution in [-0.4, -0.2) is 37.9 Å². The first-order valence-corrected chi connectivity index (χ1v) is 5.98. The molecule has 0 heterocycles. The first-order chi connectivity index (χ1) is 7.53.